The number of benzene rings is 1. The number of ether oxygens (including phenoxy) is 3. The molecule has 0 bridgehead atoms. The van der Waals surface area contributed by atoms with Gasteiger partial charge in [0.2, 0.25) is 0 Å². The largest absolute Gasteiger partial charge is 0.462 e. The molecule has 3 heterocycles. The zero-order valence-corrected chi connectivity index (χ0v) is 19.2. The Morgan fingerprint density at radius 3 is 2.29 bits per heavy atom. The highest BCUT2D eigenvalue weighted by atomic mass is 16.6. The molecule has 0 radical (unpaired) electrons. The van der Waals surface area contributed by atoms with E-state index in [1.165, 1.54) is 32.2 Å². The first-order valence-corrected chi connectivity index (χ1v) is 10.8. The van der Waals surface area contributed by atoms with Gasteiger partial charge in [-0.05, 0) is 19.1 Å². The van der Waals surface area contributed by atoms with Crippen molar-refractivity contribution in [2.75, 3.05) is 6.61 Å². The SMILES string of the molecule is CC(=O)OC[C@@H](OC(C)=O)[C@H]1O[C@H](n2cc(C)c(=O)[nH]c2=O)C[C@@H]1N1C(=O)c2ccccc2C1=O. The number of hydrogen-bond acceptors (Lipinski definition) is 9. The van der Waals surface area contributed by atoms with Crippen LogP contribution in [0.2, 0.25) is 0 Å². The highest BCUT2D eigenvalue weighted by Crippen LogP contribution is 2.38. The fourth-order valence-electron chi connectivity index (χ4n) is 4.35. The minimum Gasteiger partial charge on any atom is -0.462 e. The Balaban J connectivity index is 1.76. The van der Waals surface area contributed by atoms with Crippen LogP contribution in [0.15, 0.2) is 40.1 Å². The summed E-state index contributed by atoms with van der Waals surface area (Å²) in [5.41, 5.74) is -0.659. The Kier molecular flexibility index (Phi) is 6.39. The number of aryl methyl sites for hydroxylation is 1. The maximum absolute atomic E-state index is 13.2. The molecule has 2 aliphatic rings. The van der Waals surface area contributed by atoms with E-state index < -0.39 is 66.1 Å². The first-order chi connectivity index (χ1) is 16.6. The summed E-state index contributed by atoms with van der Waals surface area (Å²) in [7, 11) is 0. The molecule has 35 heavy (non-hydrogen) atoms. The summed E-state index contributed by atoms with van der Waals surface area (Å²) in [6, 6.07) is 5.33. The molecular formula is C23H23N3O9. The molecule has 1 fully saturated rings. The van der Waals surface area contributed by atoms with Gasteiger partial charge in [0.25, 0.3) is 17.4 Å². The van der Waals surface area contributed by atoms with Crippen molar-refractivity contribution in [2.45, 2.75) is 51.7 Å². The van der Waals surface area contributed by atoms with Gasteiger partial charge < -0.3 is 14.2 Å². The van der Waals surface area contributed by atoms with Crippen molar-refractivity contribution in [3.63, 3.8) is 0 Å². The molecule has 2 amide bonds. The molecule has 1 saturated heterocycles. The number of nitrogens with one attached hydrogen (secondary N) is 1. The van der Waals surface area contributed by atoms with E-state index in [-0.39, 0.29) is 23.1 Å². The minimum absolute atomic E-state index is 0.0423. The van der Waals surface area contributed by atoms with Crippen molar-refractivity contribution in [1.82, 2.24) is 14.5 Å². The molecule has 2 aliphatic heterocycles. The predicted octanol–water partition coefficient (Wildman–Crippen LogP) is 0.292. The molecule has 1 aromatic heterocycles. The van der Waals surface area contributed by atoms with Gasteiger partial charge in [-0.25, -0.2) is 4.79 Å². The Bertz CT molecular complexity index is 1290. The number of carbonyl (C=O) groups is 4. The second-order valence-electron chi connectivity index (χ2n) is 8.31. The zero-order valence-electron chi connectivity index (χ0n) is 19.2. The number of fused-ring (bicyclic) bond motifs is 1. The quantitative estimate of drug-likeness (QED) is 0.449. The number of nitrogens with zero attached hydrogens (tertiary/aromatic N) is 2. The van der Waals surface area contributed by atoms with Crippen LogP contribution in [0.5, 0.6) is 0 Å². The predicted molar refractivity (Wildman–Crippen MR) is 118 cm³/mol. The smallest absolute Gasteiger partial charge is 0.330 e. The Morgan fingerprint density at radius 1 is 1.09 bits per heavy atom. The van der Waals surface area contributed by atoms with E-state index in [9.17, 15) is 28.8 Å². The van der Waals surface area contributed by atoms with Crippen molar-refractivity contribution in [2.24, 2.45) is 0 Å². The first kappa shape index (κ1) is 24.1. The van der Waals surface area contributed by atoms with Gasteiger partial charge in [0, 0.05) is 32.0 Å². The van der Waals surface area contributed by atoms with Crippen LogP contribution < -0.4 is 11.2 Å². The van der Waals surface area contributed by atoms with Gasteiger partial charge in [-0.2, -0.15) is 0 Å². The van der Waals surface area contributed by atoms with Gasteiger partial charge in [0.15, 0.2) is 6.10 Å². The van der Waals surface area contributed by atoms with Crippen molar-refractivity contribution in [3.05, 3.63) is 68.0 Å². The van der Waals surface area contributed by atoms with Crippen LogP contribution in [0.3, 0.4) is 0 Å². The third kappa shape index (κ3) is 4.52. The third-order valence-corrected chi connectivity index (χ3v) is 5.88. The molecule has 4 atom stereocenters. The molecule has 1 aromatic carbocycles. The lowest BCUT2D eigenvalue weighted by Crippen LogP contribution is -2.51. The van der Waals surface area contributed by atoms with Gasteiger partial charge in [-0.3, -0.25) is 38.4 Å². The van der Waals surface area contributed by atoms with E-state index >= 15 is 0 Å². The lowest BCUT2D eigenvalue weighted by Gasteiger charge is -2.31. The number of rotatable bonds is 6. The Hall–Kier alpha value is -4.06. The Morgan fingerprint density at radius 2 is 1.71 bits per heavy atom. The van der Waals surface area contributed by atoms with E-state index in [1.54, 1.807) is 12.1 Å². The van der Waals surface area contributed by atoms with Crippen molar-refractivity contribution in [1.29, 1.82) is 0 Å². The lowest BCUT2D eigenvalue weighted by molar-refractivity contribution is -0.169. The Labute approximate surface area is 198 Å². The number of hydrogen-bond donors (Lipinski definition) is 1. The van der Waals surface area contributed by atoms with Crippen LogP contribution in [0.25, 0.3) is 0 Å². The van der Waals surface area contributed by atoms with E-state index in [0.717, 1.165) is 16.4 Å². The van der Waals surface area contributed by atoms with Crippen molar-refractivity contribution in [3.8, 4) is 0 Å². The van der Waals surface area contributed by atoms with Gasteiger partial charge in [0.1, 0.15) is 18.9 Å². The van der Waals surface area contributed by atoms with Gasteiger partial charge in [0.05, 0.1) is 17.2 Å². The van der Waals surface area contributed by atoms with Crippen LogP contribution in [-0.4, -0.2) is 63.1 Å². The van der Waals surface area contributed by atoms with Gasteiger partial charge in [-0.1, -0.05) is 12.1 Å². The highest BCUT2D eigenvalue weighted by Gasteiger charge is 2.51. The average molecular weight is 485 g/mol. The van der Waals surface area contributed by atoms with Gasteiger partial charge >= 0.3 is 17.6 Å². The summed E-state index contributed by atoms with van der Waals surface area (Å²) in [5, 5.41) is 0. The molecule has 1 N–H and O–H groups in total. The molecule has 2 aromatic rings. The summed E-state index contributed by atoms with van der Waals surface area (Å²) in [5.74, 6) is -2.47. The van der Waals surface area contributed by atoms with E-state index in [2.05, 4.69) is 4.98 Å². The zero-order chi connectivity index (χ0) is 25.4. The molecule has 12 nitrogen and oxygen atoms in total. The minimum atomic E-state index is -1.18. The standard InChI is InChI=1S/C23H23N3O9/c1-11-9-25(23(32)24-20(11)29)18-8-16(19(35-18)17(34-13(3)28)10-33-12(2)27)26-21(30)14-6-4-5-7-15(14)22(26)31/h4-7,9,16-19H,8,10H2,1-3H3,(H,24,29,32)/t16-,17+,18-,19-/m0/s1. The monoisotopic (exact) mass is 485 g/mol. The van der Waals surface area contributed by atoms with E-state index in [1.807, 2.05) is 0 Å². The number of aromatic nitrogens is 2. The molecular weight excluding hydrogens is 462 g/mol. The second-order valence-corrected chi connectivity index (χ2v) is 8.31. The molecule has 0 spiro atoms. The number of H-pyrrole nitrogens is 1. The molecule has 4 rings (SSSR count). The summed E-state index contributed by atoms with van der Waals surface area (Å²) in [4.78, 5) is 77.2. The van der Waals surface area contributed by atoms with E-state index in [4.69, 9.17) is 14.2 Å². The number of esters is 2. The molecule has 184 valence electrons. The fourth-order valence-corrected chi connectivity index (χ4v) is 4.35. The number of carbonyl (C=O) groups excluding carboxylic acids is 4. The maximum atomic E-state index is 13.2. The number of aromatic amines is 1. The number of amides is 2. The summed E-state index contributed by atoms with van der Waals surface area (Å²) < 4.78 is 17.6. The molecule has 0 aliphatic carbocycles. The third-order valence-electron chi connectivity index (χ3n) is 5.88. The van der Waals surface area contributed by atoms with Crippen LogP contribution in [-0.2, 0) is 23.8 Å². The normalized spacial score (nSPS) is 22.1. The average Bonchev–Trinajstić information content (AvgIpc) is 3.33. The lowest BCUT2D eigenvalue weighted by atomic mass is 10.0. The highest BCUT2D eigenvalue weighted by molar-refractivity contribution is 6.21. The second kappa shape index (κ2) is 9.29. The van der Waals surface area contributed by atoms with Crippen LogP contribution >= 0.6 is 0 Å². The van der Waals surface area contributed by atoms with E-state index in [0.29, 0.717) is 0 Å². The number of imide groups is 1. The van der Waals surface area contributed by atoms with Crippen molar-refractivity contribution < 1.29 is 33.4 Å². The van der Waals surface area contributed by atoms with Crippen LogP contribution in [0, 0.1) is 6.92 Å². The van der Waals surface area contributed by atoms with Gasteiger partial charge in [-0.15, -0.1) is 0 Å². The van der Waals surface area contributed by atoms with Crippen LogP contribution in [0.1, 0.15) is 52.8 Å². The summed E-state index contributed by atoms with van der Waals surface area (Å²) in [6.45, 7) is 3.43. The maximum Gasteiger partial charge on any atom is 0.330 e. The van der Waals surface area contributed by atoms with Crippen LogP contribution in [0.4, 0.5) is 0 Å². The topological polar surface area (TPSA) is 154 Å². The fraction of sp³-hybridized carbons (Fsp3) is 0.391. The summed E-state index contributed by atoms with van der Waals surface area (Å²) >= 11 is 0. The molecule has 12 heteroatoms. The molecule has 0 saturated carbocycles. The molecule has 0 unspecified atom stereocenters. The first-order valence-electron chi connectivity index (χ1n) is 10.8. The summed E-state index contributed by atoms with van der Waals surface area (Å²) in [6.07, 6.45) is -2.08. The van der Waals surface area contributed by atoms with Crippen molar-refractivity contribution >= 4 is 23.8 Å².